The Morgan fingerprint density at radius 2 is 1.74 bits per heavy atom. The van der Waals surface area contributed by atoms with Crippen molar-refractivity contribution in [1.82, 2.24) is 0 Å². The topological polar surface area (TPSA) is 50.1 Å². The molecule has 0 N–H and O–H groups in total. The summed E-state index contributed by atoms with van der Waals surface area (Å²) in [5.74, 6) is 0.628. The number of carbonyl (C=O) groups excluding carboxylic acids is 1. The van der Waals surface area contributed by atoms with Gasteiger partial charge in [-0.25, -0.2) is 4.79 Å². The second-order valence-electron chi connectivity index (χ2n) is 3.88. The first-order chi connectivity index (χ1) is 9.22. The van der Waals surface area contributed by atoms with Gasteiger partial charge in [-0.3, -0.25) is 0 Å². The fourth-order valence-corrected chi connectivity index (χ4v) is 1.72. The number of nitrogens with zero attached hydrogens (tertiary/aromatic N) is 1. The molecule has 0 spiro atoms. The molecule has 0 bridgehead atoms. The molecule has 0 aliphatic heterocycles. The molecule has 4 heteroatoms. The molecule has 0 saturated carbocycles. The molecule has 2 rings (SSSR count). The maximum atomic E-state index is 11.9. The van der Waals surface area contributed by atoms with Gasteiger partial charge in [-0.05, 0) is 42.0 Å². The monoisotopic (exact) mass is 269 g/mol. The Balaban J connectivity index is 2.09. The van der Waals surface area contributed by atoms with Crippen molar-refractivity contribution < 1.29 is 9.53 Å². The van der Waals surface area contributed by atoms with Gasteiger partial charge >= 0.3 is 5.97 Å². The number of esters is 1. The van der Waals surface area contributed by atoms with Crippen LogP contribution in [0.1, 0.15) is 21.5 Å². The van der Waals surface area contributed by atoms with Crippen LogP contribution in [0.5, 0.6) is 5.75 Å². The quantitative estimate of drug-likeness (QED) is 0.529. The number of ether oxygens (including phenoxy) is 1. The first-order valence-corrected chi connectivity index (χ1v) is 6.28. The van der Waals surface area contributed by atoms with Gasteiger partial charge in [-0.2, -0.15) is 17.9 Å². The van der Waals surface area contributed by atoms with Crippen molar-refractivity contribution in [2.75, 3.05) is 0 Å². The minimum absolute atomic E-state index is 0.419. The fourth-order valence-electron chi connectivity index (χ4n) is 1.51. The van der Waals surface area contributed by atoms with Crippen LogP contribution in [0.4, 0.5) is 0 Å². The smallest absolute Gasteiger partial charge is 0.343 e. The molecule has 2 aromatic rings. The van der Waals surface area contributed by atoms with Gasteiger partial charge in [0.1, 0.15) is 5.75 Å². The summed E-state index contributed by atoms with van der Waals surface area (Å²) < 4.78 is 5.21. The van der Waals surface area contributed by atoms with Crippen molar-refractivity contribution in [1.29, 1.82) is 5.26 Å². The van der Waals surface area contributed by atoms with Crippen LogP contribution < -0.4 is 4.74 Å². The molecule has 0 aromatic heterocycles. The van der Waals surface area contributed by atoms with Gasteiger partial charge < -0.3 is 4.74 Å². The number of hydrogen-bond donors (Lipinski definition) is 1. The molecule has 0 heterocycles. The summed E-state index contributed by atoms with van der Waals surface area (Å²) in [6, 6.07) is 15.5. The third-order valence-corrected chi connectivity index (χ3v) is 2.93. The van der Waals surface area contributed by atoms with Crippen LogP contribution in [-0.4, -0.2) is 5.97 Å². The number of rotatable bonds is 3. The zero-order valence-corrected chi connectivity index (χ0v) is 10.9. The predicted octanol–water partition coefficient (Wildman–Crippen LogP) is 3.21. The first-order valence-electron chi connectivity index (χ1n) is 5.65. The average Bonchev–Trinajstić information content (AvgIpc) is 2.48. The van der Waals surface area contributed by atoms with Gasteiger partial charge in [0.2, 0.25) is 0 Å². The Labute approximate surface area is 116 Å². The first kappa shape index (κ1) is 13.2. The summed E-state index contributed by atoms with van der Waals surface area (Å²) in [6.45, 7) is 0. The Morgan fingerprint density at radius 3 is 2.26 bits per heavy atom. The van der Waals surface area contributed by atoms with Gasteiger partial charge in [-0.1, -0.05) is 12.1 Å². The number of hydrogen-bond acceptors (Lipinski definition) is 4. The van der Waals surface area contributed by atoms with Crippen LogP contribution in [0.2, 0.25) is 0 Å². The molecular formula is C15H11NO2S. The van der Waals surface area contributed by atoms with E-state index in [1.54, 1.807) is 36.4 Å². The predicted molar refractivity (Wildman–Crippen MR) is 75.2 cm³/mol. The zero-order valence-electron chi connectivity index (χ0n) is 10.0. The third-order valence-electron chi connectivity index (χ3n) is 2.57. The van der Waals surface area contributed by atoms with Crippen LogP contribution in [0.15, 0.2) is 48.5 Å². The summed E-state index contributed by atoms with van der Waals surface area (Å²) in [5.41, 5.74) is 2.05. The molecule has 0 amide bonds. The lowest BCUT2D eigenvalue weighted by Gasteiger charge is -2.04. The Morgan fingerprint density at radius 1 is 1.11 bits per heavy atom. The van der Waals surface area contributed by atoms with Crippen LogP contribution >= 0.6 is 12.6 Å². The fraction of sp³-hybridized carbons (Fsp3) is 0.0667. The SMILES string of the molecule is N#Cc1ccc(OC(=O)c2ccc(CS)cc2)cc1. The van der Waals surface area contributed by atoms with E-state index in [9.17, 15) is 4.79 Å². The van der Waals surface area contributed by atoms with Gasteiger partial charge in [-0.15, -0.1) is 0 Å². The molecule has 0 unspecified atom stereocenters. The molecule has 0 aliphatic rings. The number of nitriles is 1. The summed E-state index contributed by atoms with van der Waals surface area (Å²) >= 11 is 4.15. The second kappa shape index (κ2) is 6.07. The van der Waals surface area contributed by atoms with E-state index >= 15 is 0 Å². The number of carbonyl (C=O) groups is 1. The molecule has 94 valence electrons. The van der Waals surface area contributed by atoms with E-state index in [0.717, 1.165) is 5.56 Å². The highest BCUT2D eigenvalue weighted by Gasteiger charge is 2.08. The molecule has 3 nitrogen and oxygen atoms in total. The van der Waals surface area contributed by atoms with E-state index in [1.807, 2.05) is 18.2 Å². The molecule has 0 fully saturated rings. The van der Waals surface area contributed by atoms with Crippen molar-refractivity contribution in [2.45, 2.75) is 5.75 Å². The van der Waals surface area contributed by atoms with Crippen LogP contribution in [-0.2, 0) is 5.75 Å². The average molecular weight is 269 g/mol. The lowest BCUT2D eigenvalue weighted by atomic mass is 10.1. The van der Waals surface area contributed by atoms with Crippen LogP contribution in [0, 0.1) is 11.3 Å². The molecule has 0 radical (unpaired) electrons. The molecule has 0 saturated heterocycles. The lowest BCUT2D eigenvalue weighted by Crippen LogP contribution is -2.08. The van der Waals surface area contributed by atoms with Crippen molar-refractivity contribution in [3.8, 4) is 11.8 Å². The minimum Gasteiger partial charge on any atom is -0.423 e. The zero-order chi connectivity index (χ0) is 13.7. The normalized spacial score (nSPS) is 9.68. The standard InChI is InChI=1S/C15H11NO2S/c16-9-11-3-7-14(8-4-11)18-15(17)13-5-1-12(10-19)2-6-13/h1-8,19H,10H2. The van der Waals surface area contributed by atoms with Crippen molar-refractivity contribution >= 4 is 18.6 Å². The highest BCUT2D eigenvalue weighted by molar-refractivity contribution is 7.79. The Hall–Kier alpha value is -2.25. The van der Waals surface area contributed by atoms with E-state index in [4.69, 9.17) is 10.00 Å². The summed E-state index contributed by atoms with van der Waals surface area (Å²) in [4.78, 5) is 11.9. The van der Waals surface area contributed by atoms with Crippen LogP contribution in [0.25, 0.3) is 0 Å². The summed E-state index contributed by atoms with van der Waals surface area (Å²) in [7, 11) is 0. The molecule has 19 heavy (non-hydrogen) atoms. The Bertz CT molecular complexity index is 612. The maximum Gasteiger partial charge on any atom is 0.343 e. The lowest BCUT2D eigenvalue weighted by molar-refractivity contribution is 0.0735. The second-order valence-corrected chi connectivity index (χ2v) is 4.20. The summed E-state index contributed by atoms with van der Waals surface area (Å²) in [5, 5.41) is 8.67. The highest BCUT2D eigenvalue weighted by atomic mass is 32.1. The van der Waals surface area contributed by atoms with E-state index in [1.165, 1.54) is 0 Å². The van der Waals surface area contributed by atoms with Gasteiger partial charge in [0, 0.05) is 5.75 Å². The third kappa shape index (κ3) is 3.36. The summed E-state index contributed by atoms with van der Waals surface area (Å²) in [6.07, 6.45) is 0. The van der Waals surface area contributed by atoms with Gasteiger partial charge in [0.15, 0.2) is 0 Å². The molecule has 0 atom stereocenters. The van der Waals surface area contributed by atoms with E-state index < -0.39 is 5.97 Å². The van der Waals surface area contributed by atoms with Gasteiger partial charge in [0.05, 0.1) is 17.2 Å². The maximum absolute atomic E-state index is 11.9. The molecular weight excluding hydrogens is 258 g/mol. The number of thiol groups is 1. The minimum atomic E-state index is -0.421. The number of benzene rings is 2. The highest BCUT2D eigenvalue weighted by Crippen LogP contribution is 2.14. The molecule has 0 aliphatic carbocycles. The van der Waals surface area contributed by atoms with E-state index in [2.05, 4.69) is 12.6 Å². The van der Waals surface area contributed by atoms with Crippen molar-refractivity contribution in [3.63, 3.8) is 0 Å². The van der Waals surface area contributed by atoms with Gasteiger partial charge in [0.25, 0.3) is 0 Å². The van der Waals surface area contributed by atoms with Crippen LogP contribution in [0.3, 0.4) is 0 Å². The molecule has 2 aromatic carbocycles. The Kier molecular flexibility index (Phi) is 4.22. The largest absolute Gasteiger partial charge is 0.423 e. The van der Waals surface area contributed by atoms with E-state index in [-0.39, 0.29) is 0 Å². The van der Waals surface area contributed by atoms with Crippen molar-refractivity contribution in [2.24, 2.45) is 0 Å². The van der Waals surface area contributed by atoms with Crippen molar-refractivity contribution in [3.05, 3.63) is 65.2 Å². The van der Waals surface area contributed by atoms with E-state index in [0.29, 0.717) is 22.6 Å².